The SMILES string of the molecule is Oc1ccc2[nH]cc(CCNc3cccnc3)c2c1. The van der Waals surface area contributed by atoms with Crippen LogP contribution in [-0.4, -0.2) is 21.6 Å². The van der Waals surface area contributed by atoms with Crippen LogP contribution in [0.4, 0.5) is 5.69 Å². The van der Waals surface area contributed by atoms with E-state index >= 15 is 0 Å². The van der Waals surface area contributed by atoms with Crippen LogP contribution in [0, 0.1) is 0 Å². The van der Waals surface area contributed by atoms with Crippen molar-refractivity contribution in [3.05, 3.63) is 54.5 Å². The van der Waals surface area contributed by atoms with Crippen molar-refractivity contribution in [2.45, 2.75) is 6.42 Å². The van der Waals surface area contributed by atoms with Crippen LogP contribution in [-0.2, 0) is 6.42 Å². The van der Waals surface area contributed by atoms with Crippen LogP contribution < -0.4 is 5.32 Å². The largest absolute Gasteiger partial charge is 0.508 e. The van der Waals surface area contributed by atoms with Gasteiger partial charge in [-0.25, -0.2) is 0 Å². The first-order valence-corrected chi connectivity index (χ1v) is 6.26. The van der Waals surface area contributed by atoms with E-state index in [0.717, 1.165) is 29.6 Å². The molecular weight excluding hydrogens is 238 g/mol. The minimum atomic E-state index is 0.300. The van der Waals surface area contributed by atoms with Gasteiger partial charge in [-0.1, -0.05) is 0 Å². The molecule has 0 bridgehead atoms. The normalized spacial score (nSPS) is 10.7. The lowest BCUT2D eigenvalue weighted by molar-refractivity contribution is 0.476. The Morgan fingerprint density at radius 2 is 2.21 bits per heavy atom. The zero-order valence-corrected chi connectivity index (χ0v) is 10.4. The van der Waals surface area contributed by atoms with Gasteiger partial charge in [0, 0.05) is 36.0 Å². The number of phenolic OH excluding ortho intramolecular Hbond substituents is 1. The number of aromatic hydroxyl groups is 1. The summed E-state index contributed by atoms with van der Waals surface area (Å²) in [5.74, 6) is 0.300. The molecule has 0 aliphatic heterocycles. The van der Waals surface area contributed by atoms with Crippen molar-refractivity contribution in [2.24, 2.45) is 0 Å². The molecule has 0 spiro atoms. The second-order valence-corrected chi connectivity index (χ2v) is 4.46. The predicted molar refractivity (Wildman–Crippen MR) is 76.4 cm³/mol. The highest BCUT2D eigenvalue weighted by Gasteiger charge is 2.04. The first-order chi connectivity index (χ1) is 9.33. The fourth-order valence-corrected chi connectivity index (χ4v) is 2.18. The number of nitrogens with one attached hydrogen (secondary N) is 2. The number of aromatic nitrogens is 2. The van der Waals surface area contributed by atoms with Crippen molar-refractivity contribution in [1.29, 1.82) is 0 Å². The number of phenols is 1. The number of H-pyrrole nitrogens is 1. The summed E-state index contributed by atoms with van der Waals surface area (Å²) >= 11 is 0. The number of aromatic amines is 1. The van der Waals surface area contributed by atoms with Crippen LogP contribution in [0.1, 0.15) is 5.56 Å². The number of hydrogen-bond donors (Lipinski definition) is 3. The van der Waals surface area contributed by atoms with Crippen LogP contribution in [0.3, 0.4) is 0 Å². The lowest BCUT2D eigenvalue weighted by Crippen LogP contribution is -2.04. The minimum absolute atomic E-state index is 0.300. The van der Waals surface area contributed by atoms with E-state index in [-0.39, 0.29) is 0 Å². The third-order valence-corrected chi connectivity index (χ3v) is 3.14. The predicted octanol–water partition coefficient (Wildman–Crippen LogP) is 2.92. The van der Waals surface area contributed by atoms with Crippen molar-refractivity contribution in [3.63, 3.8) is 0 Å². The molecular formula is C15H15N3O. The molecule has 0 fully saturated rings. The fourth-order valence-electron chi connectivity index (χ4n) is 2.18. The van der Waals surface area contributed by atoms with Crippen molar-refractivity contribution in [2.75, 3.05) is 11.9 Å². The van der Waals surface area contributed by atoms with Gasteiger partial charge in [0.25, 0.3) is 0 Å². The van der Waals surface area contributed by atoms with Crippen molar-refractivity contribution >= 4 is 16.6 Å². The molecule has 19 heavy (non-hydrogen) atoms. The summed E-state index contributed by atoms with van der Waals surface area (Å²) in [7, 11) is 0. The van der Waals surface area contributed by atoms with Gasteiger partial charge in [0.2, 0.25) is 0 Å². The molecule has 2 aromatic heterocycles. The lowest BCUT2D eigenvalue weighted by atomic mass is 10.1. The summed E-state index contributed by atoms with van der Waals surface area (Å²) in [4.78, 5) is 7.27. The van der Waals surface area contributed by atoms with Crippen molar-refractivity contribution in [1.82, 2.24) is 9.97 Å². The van der Waals surface area contributed by atoms with Gasteiger partial charge >= 0.3 is 0 Å². The molecule has 1 aromatic carbocycles. The molecule has 0 unspecified atom stereocenters. The van der Waals surface area contributed by atoms with Gasteiger partial charge in [0.05, 0.1) is 5.69 Å². The smallest absolute Gasteiger partial charge is 0.116 e. The third-order valence-electron chi connectivity index (χ3n) is 3.14. The second kappa shape index (κ2) is 5.02. The van der Waals surface area contributed by atoms with Crippen LogP contribution >= 0.6 is 0 Å². The molecule has 0 aliphatic carbocycles. The Morgan fingerprint density at radius 1 is 1.26 bits per heavy atom. The zero-order chi connectivity index (χ0) is 13.1. The van der Waals surface area contributed by atoms with Gasteiger partial charge in [-0.3, -0.25) is 4.98 Å². The van der Waals surface area contributed by atoms with E-state index in [9.17, 15) is 5.11 Å². The van der Waals surface area contributed by atoms with E-state index in [2.05, 4.69) is 15.3 Å². The van der Waals surface area contributed by atoms with Crippen LogP contribution in [0.5, 0.6) is 5.75 Å². The maximum Gasteiger partial charge on any atom is 0.116 e. The molecule has 0 aliphatic rings. The second-order valence-electron chi connectivity index (χ2n) is 4.46. The summed E-state index contributed by atoms with van der Waals surface area (Å²) < 4.78 is 0. The highest BCUT2D eigenvalue weighted by molar-refractivity contribution is 5.84. The van der Waals surface area contributed by atoms with Gasteiger partial charge in [-0.15, -0.1) is 0 Å². The minimum Gasteiger partial charge on any atom is -0.508 e. The highest BCUT2D eigenvalue weighted by Crippen LogP contribution is 2.23. The quantitative estimate of drug-likeness (QED) is 0.670. The molecule has 0 radical (unpaired) electrons. The van der Waals surface area contributed by atoms with Gasteiger partial charge in [0.15, 0.2) is 0 Å². The molecule has 0 saturated heterocycles. The number of fused-ring (bicyclic) bond motifs is 1. The first-order valence-electron chi connectivity index (χ1n) is 6.26. The van der Waals surface area contributed by atoms with E-state index in [1.807, 2.05) is 24.4 Å². The van der Waals surface area contributed by atoms with Crippen molar-refractivity contribution in [3.8, 4) is 5.75 Å². The Balaban J connectivity index is 1.70. The summed E-state index contributed by atoms with van der Waals surface area (Å²) in [6.07, 6.45) is 6.45. The molecule has 0 atom stereocenters. The van der Waals surface area contributed by atoms with Gasteiger partial charge < -0.3 is 15.4 Å². The number of hydrogen-bond acceptors (Lipinski definition) is 3. The summed E-state index contributed by atoms with van der Waals surface area (Å²) in [5.41, 5.74) is 3.27. The Morgan fingerprint density at radius 3 is 3.05 bits per heavy atom. The number of pyridine rings is 1. The lowest BCUT2D eigenvalue weighted by Gasteiger charge is -2.05. The van der Waals surface area contributed by atoms with Gasteiger partial charge in [-0.05, 0) is 42.3 Å². The summed E-state index contributed by atoms with van der Waals surface area (Å²) in [6, 6.07) is 9.28. The summed E-state index contributed by atoms with van der Waals surface area (Å²) in [5, 5.41) is 13.9. The number of benzene rings is 1. The zero-order valence-electron chi connectivity index (χ0n) is 10.4. The van der Waals surface area contributed by atoms with E-state index in [0.29, 0.717) is 5.75 Å². The molecule has 3 aromatic rings. The Kier molecular flexibility index (Phi) is 3.06. The number of nitrogens with zero attached hydrogens (tertiary/aromatic N) is 1. The van der Waals surface area contributed by atoms with Gasteiger partial charge in [-0.2, -0.15) is 0 Å². The fraction of sp³-hybridized carbons (Fsp3) is 0.133. The molecule has 96 valence electrons. The average Bonchev–Trinajstić information content (AvgIpc) is 2.83. The van der Waals surface area contributed by atoms with E-state index in [4.69, 9.17) is 0 Å². The third kappa shape index (κ3) is 2.52. The highest BCUT2D eigenvalue weighted by atomic mass is 16.3. The molecule has 4 nitrogen and oxygen atoms in total. The van der Waals surface area contributed by atoms with Crippen LogP contribution in [0.15, 0.2) is 48.9 Å². The molecule has 0 amide bonds. The van der Waals surface area contributed by atoms with E-state index in [1.54, 1.807) is 24.5 Å². The molecule has 2 heterocycles. The average molecular weight is 253 g/mol. The van der Waals surface area contributed by atoms with E-state index < -0.39 is 0 Å². The Bertz CT molecular complexity index is 676. The van der Waals surface area contributed by atoms with Crippen LogP contribution in [0.2, 0.25) is 0 Å². The molecule has 0 saturated carbocycles. The standard InChI is InChI=1S/C15H15N3O/c19-13-3-4-15-14(8-13)11(9-18-15)5-7-17-12-2-1-6-16-10-12/h1-4,6,8-10,17-19H,5,7H2. The maximum absolute atomic E-state index is 9.54. The van der Waals surface area contributed by atoms with E-state index in [1.165, 1.54) is 5.56 Å². The molecule has 4 heteroatoms. The Hall–Kier alpha value is -2.49. The molecule has 3 rings (SSSR count). The Labute approximate surface area is 111 Å². The summed E-state index contributed by atoms with van der Waals surface area (Å²) in [6.45, 7) is 0.828. The van der Waals surface area contributed by atoms with Gasteiger partial charge in [0.1, 0.15) is 5.75 Å². The van der Waals surface area contributed by atoms with Crippen LogP contribution in [0.25, 0.3) is 10.9 Å². The monoisotopic (exact) mass is 253 g/mol. The maximum atomic E-state index is 9.54. The van der Waals surface area contributed by atoms with Crippen molar-refractivity contribution < 1.29 is 5.11 Å². The number of rotatable bonds is 4. The molecule has 3 N–H and O–H groups in total. The first kappa shape index (κ1) is 11.6. The number of anilines is 1. The topological polar surface area (TPSA) is 60.9 Å².